The SMILES string of the molecule is C=C(C(=O)OCCNC(=O)NC1CCC(C(=O)O)CC1)C(C)C. The van der Waals surface area contributed by atoms with Gasteiger partial charge in [-0.25, -0.2) is 9.59 Å². The van der Waals surface area contributed by atoms with Crippen LogP contribution >= 0.6 is 0 Å². The Hall–Kier alpha value is -2.05. The molecule has 0 saturated heterocycles. The summed E-state index contributed by atoms with van der Waals surface area (Å²) in [7, 11) is 0. The quantitative estimate of drug-likeness (QED) is 0.375. The number of carbonyl (C=O) groups excluding carboxylic acids is 2. The van der Waals surface area contributed by atoms with Crippen molar-refractivity contribution in [3.8, 4) is 0 Å². The van der Waals surface area contributed by atoms with Crippen molar-refractivity contribution < 1.29 is 24.2 Å². The lowest BCUT2D eigenvalue weighted by atomic mass is 9.86. The smallest absolute Gasteiger partial charge is 0.333 e. The summed E-state index contributed by atoms with van der Waals surface area (Å²) in [6.07, 6.45) is 2.48. The molecule has 23 heavy (non-hydrogen) atoms. The van der Waals surface area contributed by atoms with Crippen LogP contribution in [0.15, 0.2) is 12.2 Å². The minimum atomic E-state index is -0.766. The predicted molar refractivity (Wildman–Crippen MR) is 84.9 cm³/mol. The number of amides is 2. The molecule has 0 aromatic carbocycles. The van der Waals surface area contributed by atoms with E-state index in [-0.39, 0.29) is 37.1 Å². The van der Waals surface area contributed by atoms with Gasteiger partial charge < -0.3 is 20.5 Å². The first-order valence-corrected chi connectivity index (χ1v) is 7.94. The zero-order chi connectivity index (χ0) is 17.4. The molecule has 0 atom stereocenters. The van der Waals surface area contributed by atoms with E-state index in [1.165, 1.54) is 0 Å². The Morgan fingerprint density at radius 2 is 1.83 bits per heavy atom. The van der Waals surface area contributed by atoms with E-state index in [1.54, 1.807) is 0 Å². The Labute approximate surface area is 136 Å². The number of nitrogens with one attached hydrogen (secondary N) is 2. The topological polar surface area (TPSA) is 105 Å². The molecule has 0 bridgehead atoms. The van der Waals surface area contributed by atoms with Crippen LogP contribution in [0.3, 0.4) is 0 Å². The Morgan fingerprint density at radius 1 is 1.22 bits per heavy atom. The van der Waals surface area contributed by atoms with Gasteiger partial charge in [0.2, 0.25) is 0 Å². The van der Waals surface area contributed by atoms with Crippen LogP contribution in [0.4, 0.5) is 4.79 Å². The van der Waals surface area contributed by atoms with Crippen LogP contribution in [0, 0.1) is 11.8 Å². The summed E-state index contributed by atoms with van der Waals surface area (Å²) in [5.41, 5.74) is 0.407. The molecule has 0 spiro atoms. The summed E-state index contributed by atoms with van der Waals surface area (Å²) in [4.78, 5) is 34.1. The fraction of sp³-hybridized carbons (Fsp3) is 0.688. The Balaban J connectivity index is 2.15. The first kappa shape index (κ1) is 19.0. The third-order valence-electron chi connectivity index (χ3n) is 3.99. The van der Waals surface area contributed by atoms with Crippen LogP contribution in [0.1, 0.15) is 39.5 Å². The van der Waals surface area contributed by atoms with Crippen LogP contribution in [0.2, 0.25) is 0 Å². The second kappa shape index (κ2) is 9.17. The van der Waals surface area contributed by atoms with E-state index < -0.39 is 11.9 Å². The van der Waals surface area contributed by atoms with Crippen molar-refractivity contribution in [1.82, 2.24) is 10.6 Å². The van der Waals surface area contributed by atoms with Gasteiger partial charge in [-0.05, 0) is 31.6 Å². The van der Waals surface area contributed by atoms with E-state index >= 15 is 0 Å². The molecule has 0 radical (unpaired) electrons. The third-order valence-corrected chi connectivity index (χ3v) is 3.99. The molecule has 1 aliphatic rings. The molecule has 1 aliphatic carbocycles. The zero-order valence-corrected chi connectivity index (χ0v) is 13.8. The van der Waals surface area contributed by atoms with Crippen molar-refractivity contribution in [2.45, 2.75) is 45.6 Å². The van der Waals surface area contributed by atoms with Crippen molar-refractivity contribution >= 4 is 18.0 Å². The maximum Gasteiger partial charge on any atom is 0.333 e. The number of hydrogen-bond acceptors (Lipinski definition) is 4. The summed E-state index contributed by atoms with van der Waals surface area (Å²) in [5, 5.41) is 14.3. The molecule has 0 aromatic heterocycles. The van der Waals surface area contributed by atoms with Gasteiger partial charge in [0, 0.05) is 11.6 Å². The molecule has 0 heterocycles. The summed E-state index contributed by atoms with van der Waals surface area (Å²) in [5.74, 6) is -1.49. The van der Waals surface area contributed by atoms with E-state index in [4.69, 9.17) is 9.84 Å². The molecule has 130 valence electrons. The van der Waals surface area contributed by atoms with Crippen molar-refractivity contribution in [2.75, 3.05) is 13.2 Å². The van der Waals surface area contributed by atoms with Gasteiger partial charge >= 0.3 is 18.0 Å². The number of carboxylic acids is 1. The Morgan fingerprint density at radius 3 is 2.35 bits per heavy atom. The van der Waals surface area contributed by atoms with E-state index in [0.717, 1.165) is 0 Å². The number of hydrogen-bond donors (Lipinski definition) is 3. The van der Waals surface area contributed by atoms with Gasteiger partial charge in [0.1, 0.15) is 6.61 Å². The number of carboxylic acid groups (broad SMARTS) is 1. The fourth-order valence-corrected chi connectivity index (χ4v) is 2.36. The molecule has 7 nitrogen and oxygen atoms in total. The molecular weight excluding hydrogens is 300 g/mol. The van der Waals surface area contributed by atoms with E-state index in [1.807, 2.05) is 13.8 Å². The average molecular weight is 326 g/mol. The fourth-order valence-electron chi connectivity index (χ4n) is 2.36. The summed E-state index contributed by atoms with van der Waals surface area (Å²) in [6.45, 7) is 7.66. The third kappa shape index (κ3) is 6.71. The van der Waals surface area contributed by atoms with Crippen LogP contribution in [0.25, 0.3) is 0 Å². The van der Waals surface area contributed by atoms with Crippen LogP contribution in [-0.4, -0.2) is 42.3 Å². The number of rotatable bonds is 7. The van der Waals surface area contributed by atoms with Gasteiger partial charge in [-0.3, -0.25) is 4.79 Å². The molecule has 0 unspecified atom stereocenters. The highest BCUT2D eigenvalue weighted by Gasteiger charge is 2.26. The molecule has 7 heteroatoms. The number of ether oxygens (including phenoxy) is 1. The van der Waals surface area contributed by atoms with E-state index in [2.05, 4.69) is 17.2 Å². The molecule has 2 amide bonds. The second-order valence-electron chi connectivity index (χ2n) is 6.10. The molecule has 1 saturated carbocycles. The van der Waals surface area contributed by atoms with Crippen LogP contribution in [-0.2, 0) is 14.3 Å². The molecule has 0 aliphatic heterocycles. The lowest BCUT2D eigenvalue weighted by molar-refractivity contribution is -0.143. The van der Waals surface area contributed by atoms with Crippen molar-refractivity contribution in [3.63, 3.8) is 0 Å². The molecule has 1 rings (SSSR count). The van der Waals surface area contributed by atoms with Gasteiger partial charge in [0.05, 0.1) is 12.5 Å². The number of urea groups is 1. The highest BCUT2D eigenvalue weighted by molar-refractivity contribution is 5.88. The molecule has 0 aromatic rings. The number of esters is 1. The maximum atomic E-state index is 11.7. The van der Waals surface area contributed by atoms with Gasteiger partial charge in [-0.1, -0.05) is 20.4 Å². The van der Waals surface area contributed by atoms with Crippen molar-refractivity contribution in [1.29, 1.82) is 0 Å². The highest BCUT2D eigenvalue weighted by atomic mass is 16.5. The summed E-state index contributed by atoms with van der Waals surface area (Å²) >= 11 is 0. The second-order valence-corrected chi connectivity index (χ2v) is 6.10. The maximum absolute atomic E-state index is 11.7. The van der Waals surface area contributed by atoms with Gasteiger partial charge in [0.15, 0.2) is 0 Å². The summed E-state index contributed by atoms with van der Waals surface area (Å²) < 4.78 is 5.00. The predicted octanol–water partition coefficient (Wildman–Crippen LogP) is 1.68. The zero-order valence-electron chi connectivity index (χ0n) is 13.8. The van der Waals surface area contributed by atoms with Gasteiger partial charge in [-0.2, -0.15) is 0 Å². The van der Waals surface area contributed by atoms with Crippen LogP contribution in [0.5, 0.6) is 0 Å². The van der Waals surface area contributed by atoms with E-state index in [9.17, 15) is 14.4 Å². The number of aliphatic carboxylic acids is 1. The first-order chi connectivity index (χ1) is 10.8. The molecular formula is C16H26N2O5. The van der Waals surface area contributed by atoms with Crippen molar-refractivity contribution in [2.24, 2.45) is 11.8 Å². The normalized spacial score (nSPS) is 20.7. The average Bonchev–Trinajstić information content (AvgIpc) is 2.50. The highest BCUT2D eigenvalue weighted by Crippen LogP contribution is 2.24. The first-order valence-electron chi connectivity index (χ1n) is 7.94. The lowest BCUT2D eigenvalue weighted by Crippen LogP contribution is -2.45. The minimum absolute atomic E-state index is 0.00568. The van der Waals surface area contributed by atoms with Crippen LogP contribution < -0.4 is 10.6 Å². The standard InChI is InChI=1S/C16H26N2O5/c1-10(2)11(3)15(21)23-9-8-17-16(22)18-13-6-4-12(5-7-13)14(19)20/h10,12-13H,3-9H2,1-2H3,(H,19,20)(H2,17,18,22). The Kier molecular flexibility index (Phi) is 7.57. The molecule has 1 fully saturated rings. The lowest BCUT2D eigenvalue weighted by Gasteiger charge is -2.26. The van der Waals surface area contributed by atoms with E-state index in [0.29, 0.717) is 31.3 Å². The minimum Gasteiger partial charge on any atom is -0.481 e. The summed E-state index contributed by atoms with van der Waals surface area (Å²) in [6, 6.07) is -0.337. The van der Waals surface area contributed by atoms with Crippen molar-refractivity contribution in [3.05, 3.63) is 12.2 Å². The van der Waals surface area contributed by atoms with Gasteiger partial charge in [0.25, 0.3) is 0 Å². The monoisotopic (exact) mass is 326 g/mol. The Bertz CT molecular complexity index is 453. The number of carbonyl (C=O) groups is 3. The largest absolute Gasteiger partial charge is 0.481 e. The molecule has 3 N–H and O–H groups in total. The van der Waals surface area contributed by atoms with Gasteiger partial charge in [-0.15, -0.1) is 0 Å².